The molecule has 0 spiro atoms. The Hall–Kier alpha value is -2.82. The fraction of sp³-hybridized carbons (Fsp3) is 0.300. The SMILES string of the molecule is Cc1cccn2cc(-c3ccccc3NC(=O)NC3CCCC3)nc12. The number of carbonyl (C=O) groups is 1. The molecule has 1 aliphatic rings. The molecule has 4 rings (SSSR count). The van der Waals surface area contributed by atoms with Crippen LogP contribution in [0.3, 0.4) is 0 Å². The lowest BCUT2D eigenvalue weighted by molar-refractivity contribution is 0.248. The zero-order chi connectivity index (χ0) is 17.2. The van der Waals surface area contributed by atoms with Gasteiger partial charge in [-0.3, -0.25) is 0 Å². The molecule has 0 unspecified atom stereocenters. The lowest BCUT2D eigenvalue weighted by atomic mass is 10.1. The summed E-state index contributed by atoms with van der Waals surface area (Å²) in [5.41, 5.74) is 4.61. The molecule has 1 saturated carbocycles. The molecule has 0 aliphatic heterocycles. The highest BCUT2D eigenvalue weighted by Gasteiger charge is 2.18. The van der Waals surface area contributed by atoms with Crippen LogP contribution in [0.4, 0.5) is 10.5 Å². The van der Waals surface area contributed by atoms with Crippen molar-refractivity contribution in [2.75, 3.05) is 5.32 Å². The molecule has 0 radical (unpaired) electrons. The van der Waals surface area contributed by atoms with Gasteiger partial charge in [-0.25, -0.2) is 9.78 Å². The molecule has 5 nitrogen and oxygen atoms in total. The number of carbonyl (C=O) groups excluding carboxylic acids is 1. The highest BCUT2D eigenvalue weighted by molar-refractivity contribution is 5.94. The van der Waals surface area contributed by atoms with E-state index >= 15 is 0 Å². The lowest BCUT2D eigenvalue weighted by Gasteiger charge is -2.14. The van der Waals surface area contributed by atoms with Crippen LogP contribution in [0.5, 0.6) is 0 Å². The third kappa shape index (κ3) is 3.22. The summed E-state index contributed by atoms with van der Waals surface area (Å²) >= 11 is 0. The van der Waals surface area contributed by atoms with Gasteiger partial charge in [-0.15, -0.1) is 0 Å². The number of pyridine rings is 1. The van der Waals surface area contributed by atoms with E-state index in [-0.39, 0.29) is 6.03 Å². The Bertz CT molecular complexity index is 909. The van der Waals surface area contributed by atoms with E-state index in [2.05, 4.69) is 10.6 Å². The lowest BCUT2D eigenvalue weighted by Crippen LogP contribution is -2.36. The standard InChI is InChI=1S/C20H22N4O/c1-14-7-6-12-24-13-18(22-19(14)24)16-10-4-5-11-17(16)23-20(25)21-15-8-2-3-9-15/h4-7,10-13,15H,2-3,8-9H2,1H3,(H2,21,23,25). The molecule has 2 aromatic heterocycles. The van der Waals surface area contributed by atoms with Gasteiger partial charge >= 0.3 is 6.03 Å². The third-order valence-corrected chi connectivity index (χ3v) is 4.82. The van der Waals surface area contributed by atoms with Gasteiger partial charge in [0.25, 0.3) is 0 Å². The second-order valence-corrected chi connectivity index (χ2v) is 6.67. The van der Waals surface area contributed by atoms with E-state index in [1.165, 1.54) is 12.8 Å². The molecule has 2 N–H and O–H groups in total. The van der Waals surface area contributed by atoms with Crippen molar-refractivity contribution in [3.63, 3.8) is 0 Å². The maximum absolute atomic E-state index is 12.3. The molecule has 2 heterocycles. The van der Waals surface area contributed by atoms with Gasteiger partial charge in [0, 0.05) is 24.0 Å². The zero-order valence-electron chi connectivity index (χ0n) is 14.3. The van der Waals surface area contributed by atoms with Crippen LogP contribution < -0.4 is 10.6 Å². The van der Waals surface area contributed by atoms with E-state index < -0.39 is 0 Å². The molecule has 25 heavy (non-hydrogen) atoms. The van der Waals surface area contributed by atoms with Gasteiger partial charge in [-0.05, 0) is 37.5 Å². The predicted octanol–water partition coefficient (Wildman–Crippen LogP) is 4.37. The average Bonchev–Trinajstić information content (AvgIpc) is 3.25. The summed E-state index contributed by atoms with van der Waals surface area (Å²) in [5, 5.41) is 6.06. The van der Waals surface area contributed by atoms with Crippen molar-refractivity contribution in [3.05, 3.63) is 54.4 Å². The van der Waals surface area contributed by atoms with E-state index in [4.69, 9.17) is 4.98 Å². The Morgan fingerprint density at radius 1 is 1.16 bits per heavy atom. The number of rotatable bonds is 3. The van der Waals surface area contributed by atoms with Crippen LogP contribution in [0.25, 0.3) is 16.9 Å². The van der Waals surface area contributed by atoms with Crippen LogP contribution in [0.1, 0.15) is 31.2 Å². The molecule has 0 saturated heterocycles. The number of aromatic nitrogens is 2. The topological polar surface area (TPSA) is 58.4 Å². The highest BCUT2D eigenvalue weighted by atomic mass is 16.2. The van der Waals surface area contributed by atoms with Crippen LogP contribution in [-0.2, 0) is 0 Å². The first-order chi connectivity index (χ1) is 12.2. The van der Waals surface area contributed by atoms with E-state index in [1.54, 1.807) is 0 Å². The number of para-hydroxylation sites is 1. The minimum absolute atomic E-state index is 0.140. The molecule has 1 fully saturated rings. The number of benzene rings is 1. The fourth-order valence-electron chi connectivity index (χ4n) is 3.51. The monoisotopic (exact) mass is 334 g/mol. The first-order valence-electron chi connectivity index (χ1n) is 8.82. The summed E-state index contributed by atoms with van der Waals surface area (Å²) < 4.78 is 2.01. The average molecular weight is 334 g/mol. The summed E-state index contributed by atoms with van der Waals surface area (Å²) in [6.45, 7) is 2.05. The summed E-state index contributed by atoms with van der Waals surface area (Å²) in [7, 11) is 0. The van der Waals surface area contributed by atoms with Crippen molar-refractivity contribution < 1.29 is 4.79 Å². The Kier molecular flexibility index (Phi) is 4.14. The molecule has 2 amide bonds. The van der Waals surface area contributed by atoms with Gasteiger partial charge in [0.05, 0.1) is 11.4 Å². The number of imidazole rings is 1. The third-order valence-electron chi connectivity index (χ3n) is 4.82. The Balaban J connectivity index is 1.61. The number of hydrogen-bond donors (Lipinski definition) is 2. The summed E-state index contributed by atoms with van der Waals surface area (Å²) in [5.74, 6) is 0. The summed E-state index contributed by atoms with van der Waals surface area (Å²) in [6, 6.07) is 12.0. The van der Waals surface area contributed by atoms with Gasteiger partial charge in [-0.1, -0.05) is 37.1 Å². The number of fused-ring (bicyclic) bond motifs is 1. The quantitative estimate of drug-likeness (QED) is 0.747. The van der Waals surface area contributed by atoms with Gasteiger partial charge in [-0.2, -0.15) is 0 Å². The largest absolute Gasteiger partial charge is 0.335 e. The van der Waals surface area contributed by atoms with Crippen molar-refractivity contribution in [1.29, 1.82) is 0 Å². The van der Waals surface area contributed by atoms with Crippen molar-refractivity contribution in [2.24, 2.45) is 0 Å². The first kappa shape index (κ1) is 15.7. The van der Waals surface area contributed by atoms with Crippen molar-refractivity contribution in [1.82, 2.24) is 14.7 Å². The molecule has 5 heteroatoms. The fourth-order valence-corrected chi connectivity index (χ4v) is 3.51. The number of amides is 2. The minimum atomic E-state index is -0.140. The summed E-state index contributed by atoms with van der Waals surface area (Å²) in [4.78, 5) is 17.1. The Morgan fingerprint density at radius 3 is 2.76 bits per heavy atom. The number of nitrogens with one attached hydrogen (secondary N) is 2. The number of aryl methyl sites for hydroxylation is 1. The van der Waals surface area contributed by atoms with Crippen LogP contribution in [0.15, 0.2) is 48.8 Å². The number of hydrogen-bond acceptors (Lipinski definition) is 2. The number of urea groups is 1. The Labute approximate surface area is 147 Å². The smallest absolute Gasteiger partial charge is 0.319 e. The molecule has 0 atom stereocenters. The van der Waals surface area contributed by atoms with E-state index in [9.17, 15) is 4.79 Å². The van der Waals surface area contributed by atoms with Crippen LogP contribution in [0, 0.1) is 6.92 Å². The Morgan fingerprint density at radius 2 is 1.96 bits per heavy atom. The normalized spacial score (nSPS) is 14.8. The highest BCUT2D eigenvalue weighted by Crippen LogP contribution is 2.28. The van der Waals surface area contributed by atoms with E-state index in [0.29, 0.717) is 6.04 Å². The van der Waals surface area contributed by atoms with Crippen LogP contribution >= 0.6 is 0 Å². The maximum Gasteiger partial charge on any atom is 0.319 e. The molecule has 128 valence electrons. The van der Waals surface area contributed by atoms with Crippen LogP contribution in [-0.4, -0.2) is 21.5 Å². The molecular weight excluding hydrogens is 312 g/mol. The molecular formula is C20H22N4O. The van der Waals surface area contributed by atoms with Crippen LogP contribution in [0.2, 0.25) is 0 Å². The van der Waals surface area contributed by atoms with Crippen molar-refractivity contribution >= 4 is 17.4 Å². The second kappa shape index (κ2) is 6.59. The van der Waals surface area contributed by atoms with Crippen molar-refractivity contribution in [3.8, 4) is 11.3 Å². The molecule has 0 bridgehead atoms. The van der Waals surface area contributed by atoms with E-state index in [1.807, 2.05) is 60.1 Å². The second-order valence-electron chi connectivity index (χ2n) is 6.67. The predicted molar refractivity (Wildman–Crippen MR) is 99.8 cm³/mol. The van der Waals surface area contributed by atoms with E-state index in [0.717, 1.165) is 41.0 Å². The minimum Gasteiger partial charge on any atom is -0.335 e. The van der Waals surface area contributed by atoms with Crippen molar-refractivity contribution in [2.45, 2.75) is 38.6 Å². The number of anilines is 1. The van der Waals surface area contributed by atoms with Gasteiger partial charge in [0.1, 0.15) is 5.65 Å². The zero-order valence-corrected chi connectivity index (χ0v) is 14.3. The number of nitrogens with zero attached hydrogens (tertiary/aromatic N) is 2. The molecule has 3 aromatic rings. The van der Waals surface area contributed by atoms with Gasteiger partial charge in [0.2, 0.25) is 0 Å². The summed E-state index contributed by atoms with van der Waals surface area (Å²) in [6.07, 6.45) is 8.52. The first-order valence-corrected chi connectivity index (χ1v) is 8.82. The molecule has 1 aliphatic carbocycles. The van der Waals surface area contributed by atoms with Gasteiger partial charge in [0.15, 0.2) is 0 Å². The van der Waals surface area contributed by atoms with Gasteiger partial charge < -0.3 is 15.0 Å². The maximum atomic E-state index is 12.3. The molecule has 1 aromatic carbocycles.